The first kappa shape index (κ1) is 164. The third kappa shape index (κ3) is 208. The van der Waals surface area contributed by atoms with Crippen molar-refractivity contribution in [1.29, 1.82) is 0 Å². The lowest BCUT2D eigenvalue weighted by molar-refractivity contribution is -0.153. The first-order chi connectivity index (χ1) is 32.7. The van der Waals surface area contributed by atoms with E-state index in [4.69, 9.17) is 20.4 Å². The summed E-state index contributed by atoms with van der Waals surface area (Å²) >= 11 is 0. The molecule has 0 spiro atoms. The van der Waals surface area contributed by atoms with Gasteiger partial charge in [-0.15, -0.1) is 0 Å². The molecule has 0 aromatic rings. The normalized spacial score (nSPS) is 9.95. The van der Waals surface area contributed by atoms with Crippen LogP contribution in [0.5, 0.6) is 0 Å². The van der Waals surface area contributed by atoms with Crippen molar-refractivity contribution < 1.29 is 87.2 Å². The minimum absolute atomic E-state index is 0. The first-order valence-corrected chi connectivity index (χ1v) is 22.3. The zero-order valence-electron chi connectivity index (χ0n) is 49.2. The van der Waals surface area contributed by atoms with E-state index in [0.717, 1.165) is 28.4 Å². The number of aliphatic hydroxyl groups is 4. The molecule has 76 heavy (non-hydrogen) atoms. The number of nitrogens with two attached hydrogens (primary N) is 2. The number of cyclic esters (lactones) is 4. The topological polar surface area (TPSA) is 331 Å². The van der Waals surface area contributed by atoms with Crippen LogP contribution in [0.1, 0.15) is 208 Å². The summed E-state index contributed by atoms with van der Waals surface area (Å²) in [6.45, 7) is 28.0. The highest BCUT2D eigenvalue weighted by Crippen LogP contribution is 2.08. The Hall–Kier alpha value is -3.84. The molecule has 4 amide bonds. The smallest absolute Gasteiger partial charge is 0.314 e. The van der Waals surface area contributed by atoms with E-state index in [2.05, 4.69) is 39.9 Å². The lowest BCUT2D eigenvalue weighted by Gasteiger charge is -2.01. The highest BCUT2D eigenvalue weighted by atomic mass is 16.6. The van der Waals surface area contributed by atoms with Crippen LogP contribution < -0.4 is 11.5 Å². The van der Waals surface area contributed by atoms with Crippen LogP contribution >= 0.6 is 0 Å². The third-order valence-electron chi connectivity index (χ3n) is 4.12. The molecule has 8 N–H and O–H groups in total. The average Bonchev–Trinajstić information content (AvgIpc) is 4.16. The summed E-state index contributed by atoms with van der Waals surface area (Å²) in [5.41, 5.74) is 9.00. The molecule has 22 nitrogen and oxygen atoms in total. The second-order valence-corrected chi connectivity index (χ2v) is 8.02. The van der Waals surface area contributed by atoms with Gasteiger partial charge in [0, 0.05) is 125 Å². The predicted octanol–water partition coefficient (Wildman–Crippen LogP) is 10.1. The SMILES string of the molecule is C.C.C.C.C.C.C.C.CC.CC.CC.CC.CC.CC.CC.CN.CN.CN1C(=O)CCC1=O.CN1C(=O)CCC1=O.CO.CO.CO.CO.COC.COC.COC.COC.O=C1CCC(=O)O1.O=C1CCC(=O)O1. The Bertz CT molecular complexity index is 745. The minimum atomic E-state index is -0.398. The average molecular weight is 1140 g/mol. The lowest BCUT2D eigenvalue weighted by Crippen LogP contribution is -2.23. The first-order valence-electron chi connectivity index (χ1n) is 22.3. The van der Waals surface area contributed by atoms with Crippen molar-refractivity contribution in [3.63, 3.8) is 0 Å². The molecule has 0 aliphatic carbocycles. The molecule has 22 heteroatoms. The number of hydrogen-bond donors (Lipinski definition) is 6. The fourth-order valence-corrected chi connectivity index (χ4v) is 2.24. The minimum Gasteiger partial charge on any atom is -0.400 e. The molecule has 0 aromatic carbocycles. The van der Waals surface area contributed by atoms with Gasteiger partial charge in [-0.2, -0.15) is 0 Å². The molecule has 0 bridgehead atoms. The molecule has 0 unspecified atom stereocenters. The predicted molar refractivity (Wildman–Crippen MR) is 332 cm³/mol. The molecule has 490 valence electrons. The highest BCUT2D eigenvalue weighted by molar-refractivity contribution is 6.02. The van der Waals surface area contributed by atoms with Crippen LogP contribution in [0.3, 0.4) is 0 Å². The van der Waals surface area contributed by atoms with Gasteiger partial charge in [0.25, 0.3) is 0 Å². The second kappa shape index (κ2) is 217. The monoisotopic (exact) mass is 1140 g/mol. The van der Waals surface area contributed by atoms with Gasteiger partial charge in [-0.3, -0.25) is 48.2 Å². The molecule has 4 aliphatic rings. The van der Waals surface area contributed by atoms with Crippen molar-refractivity contribution in [1.82, 2.24) is 9.80 Å². The Labute approximate surface area is 476 Å². The van der Waals surface area contributed by atoms with E-state index in [1.807, 2.05) is 96.9 Å². The van der Waals surface area contributed by atoms with Gasteiger partial charge in [0.15, 0.2) is 0 Å². The van der Waals surface area contributed by atoms with Gasteiger partial charge >= 0.3 is 23.9 Å². The quantitative estimate of drug-likeness (QED) is 0.0746. The van der Waals surface area contributed by atoms with Crippen LogP contribution in [0, 0.1) is 0 Å². The molecule has 0 aromatic heterocycles. The third-order valence-corrected chi connectivity index (χ3v) is 4.12. The Balaban J connectivity index is -0.0000000160. The number of hydrogen-bond acceptors (Lipinski definition) is 20. The van der Waals surface area contributed by atoms with E-state index in [0.29, 0.717) is 25.7 Å². The fourth-order valence-electron chi connectivity index (χ4n) is 2.24. The summed E-state index contributed by atoms with van der Waals surface area (Å²) < 4.78 is 25.2. The van der Waals surface area contributed by atoms with Crippen LogP contribution in [0.4, 0.5) is 0 Å². The number of esters is 4. The standard InChI is InChI=1S/2C5H7NO2.2C4H4O3.4C2H6O.7C2H6.2CH5N.4CH4O.8CH4/c2*1-6-4(7)2-3-5(6)8;2*5-3-1-2-4(6)7-3;4*1-3-2;13*1-2;;;;;;;;/h2*2-3H2,1H3;2*1-2H2;4*1-2H3;7*1-2H3;2*2H2,1H3;4*2H,1H3;8*1H4. The van der Waals surface area contributed by atoms with E-state index in [9.17, 15) is 38.4 Å². The van der Waals surface area contributed by atoms with E-state index in [-0.39, 0.29) is 109 Å². The summed E-state index contributed by atoms with van der Waals surface area (Å²) in [4.78, 5) is 84.3. The maximum absolute atomic E-state index is 10.5. The maximum Gasteiger partial charge on any atom is 0.314 e. The van der Waals surface area contributed by atoms with Crippen molar-refractivity contribution in [3.05, 3.63) is 0 Å². The van der Waals surface area contributed by atoms with E-state index < -0.39 is 23.9 Å². The molecule has 4 fully saturated rings. The highest BCUT2D eigenvalue weighted by Gasteiger charge is 2.25. The molecule has 4 rings (SSSR count). The zero-order valence-corrected chi connectivity index (χ0v) is 49.2. The fraction of sp³-hybridized carbons (Fsp3) is 0.852. The maximum atomic E-state index is 10.5. The van der Waals surface area contributed by atoms with Gasteiger partial charge in [-0.1, -0.05) is 156 Å². The lowest BCUT2D eigenvalue weighted by atomic mass is 10.4. The van der Waals surface area contributed by atoms with Crippen LogP contribution in [0.25, 0.3) is 0 Å². The number of ether oxygens (including phenoxy) is 6. The van der Waals surface area contributed by atoms with E-state index >= 15 is 0 Å². The number of amides is 4. The number of imide groups is 2. The van der Waals surface area contributed by atoms with Crippen molar-refractivity contribution in [3.8, 4) is 0 Å². The Morgan fingerprint density at radius 1 is 0.289 bits per heavy atom. The Morgan fingerprint density at radius 3 is 0.395 bits per heavy atom. The molecule has 4 saturated heterocycles. The zero-order chi connectivity index (χ0) is 59.7. The van der Waals surface area contributed by atoms with Gasteiger partial charge in [0.05, 0.1) is 25.7 Å². The summed E-state index contributed by atoms with van der Waals surface area (Å²) in [5.74, 6) is -1.83. The summed E-state index contributed by atoms with van der Waals surface area (Å²) in [6, 6.07) is 0. The number of nitrogens with zero attached hydrogens (tertiary/aromatic N) is 2. The molecule has 0 radical (unpaired) electrons. The largest absolute Gasteiger partial charge is 0.400 e. The van der Waals surface area contributed by atoms with E-state index in [1.165, 1.54) is 38.0 Å². The van der Waals surface area contributed by atoms with Crippen LogP contribution in [-0.2, 0) is 66.8 Å². The summed E-state index contributed by atoms with van der Waals surface area (Å²) in [6.07, 6.45) is 2.64. The van der Waals surface area contributed by atoms with Crippen LogP contribution in [0.15, 0.2) is 0 Å². The van der Waals surface area contributed by atoms with Crippen LogP contribution in [0.2, 0.25) is 0 Å². The molecule has 0 atom stereocenters. The molecule has 4 heterocycles. The Kier molecular flexibility index (Phi) is 469. The number of aliphatic hydroxyl groups excluding tert-OH is 4. The van der Waals surface area contributed by atoms with Crippen molar-refractivity contribution >= 4 is 47.5 Å². The van der Waals surface area contributed by atoms with Gasteiger partial charge in [-0.25, -0.2) is 0 Å². The van der Waals surface area contributed by atoms with Gasteiger partial charge < -0.3 is 60.3 Å². The van der Waals surface area contributed by atoms with Crippen molar-refractivity contribution in [2.45, 2.75) is 208 Å². The summed E-state index contributed by atoms with van der Waals surface area (Å²) in [7, 11) is 23.0. The van der Waals surface area contributed by atoms with Crippen molar-refractivity contribution in [2.75, 3.05) is 114 Å². The number of rotatable bonds is 0. The summed E-state index contributed by atoms with van der Waals surface area (Å²) in [5, 5.41) is 28.0. The molecular formula is C54H146N4O18. The number of methoxy groups -OCH3 is 4. The molecule has 4 aliphatic heterocycles. The Morgan fingerprint density at radius 2 is 0.368 bits per heavy atom. The van der Waals surface area contributed by atoms with Crippen molar-refractivity contribution in [2.24, 2.45) is 11.5 Å². The van der Waals surface area contributed by atoms with Gasteiger partial charge in [-0.05, 0) is 14.1 Å². The number of carbonyl (C=O) groups is 8. The van der Waals surface area contributed by atoms with E-state index in [1.54, 1.807) is 56.9 Å². The molecule has 0 saturated carbocycles. The second-order valence-electron chi connectivity index (χ2n) is 8.02. The molecular weight excluding hydrogens is 993 g/mol. The number of likely N-dealkylation sites (tertiary alicyclic amines) is 2. The van der Waals surface area contributed by atoms with Gasteiger partial charge in [0.1, 0.15) is 0 Å². The van der Waals surface area contributed by atoms with Crippen LogP contribution in [-0.4, -0.2) is 191 Å². The van der Waals surface area contributed by atoms with Gasteiger partial charge in [0.2, 0.25) is 23.6 Å². The number of carbonyl (C=O) groups excluding carboxylic acids is 8.